The van der Waals surface area contributed by atoms with Crippen LogP contribution in [-0.2, 0) is 6.54 Å². The summed E-state index contributed by atoms with van der Waals surface area (Å²) in [5.41, 5.74) is 6.22. The van der Waals surface area contributed by atoms with Crippen molar-refractivity contribution < 1.29 is 9.18 Å². The molecule has 0 aliphatic carbocycles. The molecule has 0 radical (unpaired) electrons. The second-order valence-electron chi connectivity index (χ2n) is 3.53. The molecule has 0 saturated heterocycles. The Kier molecular flexibility index (Phi) is 3.54. The number of benzene rings is 1. The molecule has 1 heterocycles. The number of hydrogen-bond donors (Lipinski definition) is 4. The second-order valence-corrected chi connectivity index (χ2v) is 3.53. The molecule has 0 spiro atoms. The number of H-pyrrole nitrogens is 1. The maximum absolute atomic E-state index is 13.3. The van der Waals surface area contributed by atoms with Gasteiger partial charge in [-0.05, 0) is 12.1 Å². The van der Waals surface area contributed by atoms with Gasteiger partial charge < -0.3 is 11.1 Å². The molecule has 2 amide bonds. The van der Waals surface area contributed by atoms with Gasteiger partial charge in [-0.1, -0.05) is 12.1 Å². The number of urea groups is 1. The SMILES string of the molecule is NCc1cn[nH]c1NC(=O)Nc1ccccc1F. The van der Waals surface area contributed by atoms with E-state index >= 15 is 0 Å². The van der Waals surface area contributed by atoms with Crippen LogP contribution in [0.15, 0.2) is 30.5 Å². The van der Waals surface area contributed by atoms with Crippen LogP contribution in [0.25, 0.3) is 0 Å². The number of para-hydroxylation sites is 1. The molecular weight excluding hydrogens is 237 g/mol. The van der Waals surface area contributed by atoms with Gasteiger partial charge in [0.1, 0.15) is 11.6 Å². The van der Waals surface area contributed by atoms with Gasteiger partial charge in [-0.25, -0.2) is 9.18 Å². The van der Waals surface area contributed by atoms with Crippen LogP contribution < -0.4 is 16.4 Å². The average molecular weight is 249 g/mol. The highest BCUT2D eigenvalue weighted by atomic mass is 19.1. The van der Waals surface area contributed by atoms with Crippen molar-refractivity contribution in [1.82, 2.24) is 10.2 Å². The van der Waals surface area contributed by atoms with Gasteiger partial charge in [0.25, 0.3) is 0 Å². The molecule has 7 heteroatoms. The Morgan fingerprint density at radius 1 is 1.39 bits per heavy atom. The van der Waals surface area contributed by atoms with Crippen molar-refractivity contribution in [2.75, 3.05) is 10.6 Å². The molecule has 1 aromatic heterocycles. The minimum Gasteiger partial charge on any atom is -0.326 e. The van der Waals surface area contributed by atoms with E-state index in [9.17, 15) is 9.18 Å². The number of hydrogen-bond acceptors (Lipinski definition) is 3. The first-order valence-electron chi connectivity index (χ1n) is 5.25. The van der Waals surface area contributed by atoms with E-state index in [1.807, 2.05) is 0 Å². The third kappa shape index (κ3) is 2.64. The van der Waals surface area contributed by atoms with Crippen LogP contribution in [0.2, 0.25) is 0 Å². The lowest BCUT2D eigenvalue weighted by Crippen LogP contribution is -2.21. The summed E-state index contributed by atoms with van der Waals surface area (Å²) in [5.74, 6) is -0.109. The second kappa shape index (κ2) is 5.28. The van der Waals surface area contributed by atoms with E-state index in [4.69, 9.17) is 5.73 Å². The van der Waals surface area contributed by atoms with Crippen molar-refractivity contribution in [3.05, 3.63) is 41.8 Å². The van der Waals surface area contributed by atoms with Gasteiger partial charge in [-0.15, -0.1) is 0 Å². The lowest BCUT2D eigenvalue weighted by atomic mass is 10.3. The van der Waals surface area contributed by atoms with E-state index in [0.717, 1.165) is 0 Å². The molecule has 1 aromatic carbocycles. The molecule has 2 aromatic rings. The summed E-state index contributed by atoms with van der Waals surface area (Å²) in [6.45, 7) is 0.242. The van der Waals surface area contributed by atoms with Crippen LogP contribution in [0.5, 0.6) is 0 Å². The number of rotatable bonds is 3. The third-order valence-electron chi connectivity index (χ3n) is 2.30. The smallest absolute Gasteiger partial charge is 0.324 e. The number of nitrogens with zero attached hydrogens (tertiary/aromatic N) is 1. The average Bonchev–Trinajstić information content (AvgIpc) is 2.79. The molecular formula is C11H12FN5O. The minimum absolute atomic E-state index is 0.101. The molecule has 0 unspecified atom stereocenters. The van der Waals surface area contributed by atoms with E-state index in [-0.39, 0.29) is 12.2 Å². The Labute approximate surface area is 102 Å². The van der Waals surface area contributed by atoms with Gasteiger partial charge in [0.2, 0.25) is 0 Å². The predicted molar refractivity (Wildman–Crippen MR) is 65.5 cm³/mol. The topological polar surface area (TPSA) is 95.8 Å². The number of amides is 2. The number of carbonyl (C=O) groups excluding carboxylic acids is 1. The summed E-state index contributed by atoms with van der Waals surface area (Å²) in [4.78, 5) is 11.6. The van der Waals surface area contributed by atoms with Gasteiger partial charge in [-0.2, -0.15) is 5.10 Å². The van der Waals surface area contributed by atoms with Crippen LogP contribution in [-0.4, -0.2) is 16.2 Å². The Hall–Kier alpha value is -2.41. The molecule has 0 aliphatic rings. The monoisotopic (exact) mass is 249 g/mol. The lowest BCUT2D eigenvalue weighted by Gasteiger charge is -2.07. The molecule has 6 nitrogen and oxygen atoms in total. The Morgan fingerprint density at radius 3 is 2.89 bits per heavy atom. The van der Waals surface area contributed by atoms with E-state index in [0.29, 0.717) is 11.4 Å². The predicted octanol–water partition coefficient (Wildman–Crippen LogP) is 1.65. The summed E-state index contributed by atoms with van der Waals surface area (Å²) in [5, 5.41) is 11.2. The molecule has 0 atom stereocenters. The first-order valence-corrected chi connectivity index (χ1v) is 5.25. The van der Waals surface area contributed by atoms with E-state index in [1.165, 1.54) is 18.3 Å². The summed E-state index contributed by atoms with van der Waals surface area (Å²) < 4.78 is 13.3. The summed E-state index contributed by atoms with van der Waals surface area (Å²) in [7, 11) is 0. The van der Waals surface area contributed by atoms with Crippen LogP contribution >= 0.6 is 0 Å². The van der Waals surface area contributed by atoms with Gasteiger partial charge >= 0.3 is 6.03 Å². The maximum atomic E-state index is 13.3. The van der Waals surface area contributed by atoms with Crippen LogP contribution in [0.3, 0.4) is 0 Å². The fourth-order valence-corrected chi connectivity index (χ4v) is 1.40. The largest absolute Gasteiger partial charge is 0.326 e. The normalized spacial score (nSPS) is 10.1. The van der Waals surface area contributed by atoms with Gasteiger partial charge in [0, 0.05) is 12.1 Å². The Balaban J connectivity index is 2.04. The van der Waals surface area contributed by atoms with Gasteiger partial charge in [0.15, 0.2) is 0 Å². The van der Waals surface area contributed by atoms with Crippen molar-refractivity contribution in [2.45, 2.75) is 6.54 Å². The molecule has 2 rings (SSSR count). The first-order chi connectivity index (χ1) is 8.70. The molecule has 94 valence electrons. The van der Waals surface area contributed by atoms with Crippen LogP contribution in [0.1, 0.15) is 5.56 Å². The summed E-state index contributed by atoms with van der Waals surface area (Å²) >= 11 is 0. The standard InChI is InChI=1S/C11H12FN5O/c12-8-3-1-2-4-9(8)15-11(18)16-10-7(5-13)6-14-17-10/h1-4,6H,5,13H2,(H3,14,15,16,17,18). The highest BCUT2D eigenvalue weighted by Crippen LogP contribution is 2.14. The number of carbonyl (C=O) groups is 1. The quantitative estimate of drug-likeness (QED) is 0.666. The number of nitrogens with two attached hydrogens (primary N) is 1. The molecule has 5 N–H and O–H groups in total. The highest BCUT2D eigenvalue weighted by molar-refractivity contribution is 5.99. The van der Waals surface area contributed by atoms with Crippen molar-refractivity contribution >= 4 is 17.5 Å². The molecule has 0 aliphatic heterocycles. The molecule has 0 bridgehead atoms. The Bertz CT molecular complexity index is 554. The number of nitrogens with one attached hydrogen (secondary N) is 3. The first kappa shape index (κ1) is 12.1. The van der Waals surface area contributed by atoms with E-state index in [1.54, 1.807) is 12.1 Å². The fraction of sp³-hybridized carbons (Fsp3) is 0.0909. The zero-order valence-electron chi connectivity index (χ0n) is 9.40. The number of anilines is 2. The number of aromatic nitrogens is 2. The highest BCUT2D eigenvalue weighted by Gasteiger charge is 2.09. The van der Waals surface area contributed by atoms with E-state index < -0.39 is 11.8 Å². The maximum Gasteiger partial charge on any atom is 0.324 e. The van der Waals surface area contributed by atoms with Crippen molar-refractivity contribution in [3.8, 4) is 0 Å². The van der Waals surface area contributed by atoms with Crippen LogP contribution in [0, 0.1) is 5.82 Å². The third-order valence-corrected chi connectivity index (χ3v) is 2.30. The number of aromatic amines is 1. The lowest BCUT2D eigenvalue weighted by molar-refractivity contribution is 0.262. The van der Waals surface area contributed by atoms with Crippen molar-refractivity contribution in [3.63, 3.8) is 0 Å². The summed E-state index contributed by atoms with van der Waals surface area (Å²) in [6.07, 6.45) is 1.51. The van der Waals surface area contributed by atoms with E-state index in [2.05, 4.69) is 20.8 Å². The van der Waals surface area contributed by atoms with Gasteiger partial charge in [0.05, 0.1) is 11.9 Å². The Morgan fingerprint density at radius 2 is 2.17 bits per heavy atom. The number of halogens is 1. The van der Waals surface area contributed by atoms with Gasteiger partial charge in [-0.3, -0.25) is 10.4 Å². The molecule has 0 fully saturated rings. The van der Waals surface area contributed by atoms with Crippen LogP contribution in [0.4, 0.5) is 20.7 Å². The van der Waals surface area contributed by atoms with Crippen molar-refractivity contribution in [1.29, 1.82) is 0 Å². The fourth-order valence-electron chi connectivity index (χ4n) is 1.40. The zero-order valence-corrected chi connectivity index (χ0v) is 9.40. The minimum atomic E-state index is -0.570. The zero-order chi connectivity index (χ0) is 13.0. The summed E-state index contributed by atoms with van der Waals surface area (Å²) in [6, 6.07) is 5.32. The van der Waals surface area contributed by atoms with Crippen molar-refractivity contribution in [2.24, 2.45) is 5.73 Å². The molecule has 0 saturated carbocycles. The molecule has 18 heavy (non-hydrogen) atoms.